The van der Waals surface area contributed by atoms with Gasteiger partial charge in [-0.1, -0.05) is 48.5 Å². The average molecular weight is 441 g/mol. The molecule has 0 aliphatic rings. The molecule has 0 aliphatic heterocycles. The van der Waals surface area contributed by atoms with Gasteiger partial charge < -0.3 is 10.1 Å². The van der Waals surface area contributed by atoms with E-state index in [1.54, 1.807) is 36.3 Å². The van der Waals surface area contributed by atoms with Crippen molar-refractivity contribution in [3.63, 3.8) is 0 Å². The maximum Gasteiger partial charge on any atom is 0.342 e. The van der Waals surface area contributed by atoms with Crippen molar-refractivity contribution in [3.05, 3.63) is 103 Å². The van der Waals surface area contributed by atoms with E-state index in [0.29, 0.717) is 24.2 Å². The summed E-state index contributed by atoms with van der Waals surface area (Å²) in [6.07, 6.45) is 4.64. The highest BCUT2D eigenvalue weighted by Crippen LogP contribution is 2.24. The van der Waals surface area contributed by atoms with Gasteiger partial charge in [-0.25, -0.2) is 9.48 Å². The van der Waals surface area contributed by atoms with Crippen LogP contribution in [0.1, 0.15) is 22.8 Å². The zero-order valence-corrected chi connectivity index (χ0v) is 18.2. The van der Waals surface area contributed by atoms with E-state index in [2.05, 4.69) is 15.4 Å². The second-order valence-electron chi connectivity index (χ2n) is 7.49. The van der Waals surface area contributed by atoms with Crippen LogP contribution in [0.3, 0.4) is 0 Å². The number of benzene rings is 2. The fourth-order valence-corrected chi connectivity index (χ4v) is 3.35. The van der Waals surface area contributed by atoms with Crippen LogP contribution in [0.25, 0.3) is 16.9 Å². The molecule has 4 aromatic rings. The first kappa shape index (κ1) is 22.0. The minimum atomic E-state index is -0.949. The van der Waals surface area contributed by atoms with E-state index >= 15 is 0 Å². The highest BCUT2D eigenvalue weighted by atomic mass is 16.5. The monoisotopic (exact) mass is 440 g/mol. The van der Waals surface area contributed by atoms with Crippen molar-refractivity contribution in [2.75, 3.05) is 6.54 Å². The lowest BCUT2D eigenvalue weighted by molar-refractivity contribution is -0.129. The van der Waals surface area contributed by atoms with Crippen molar-refractivity contribution in [1.29, 1.82) is 0 Å². The van der Waals surface area contributed by atoms with Crippen LogP contribution in [-0.4, -0.2) is 39.3 Å². The smallest absolute Gasteiger partial charge is 0.342 e. The standard InChI is InChI=1S/C26H24N4O3/c1-19(25(31)28-16-14-20-9-4-2-5-10-20)33-26(32)23-18-30(22-12-6-3-7-13-22)29-24(23)21-11-8-15-27-17-21/h2-13,15,17-19H,14,16H2,1H3,(H,28,31). The molecular formula is C26H24N4O3. The van der Waals surface area contributed by atoms with E-state index in [1.807, 2.05) is 66.7 Å². The fraction of sp³-hybridized carbons (Fsp3) is 0.154. The molecule has 1 N–H and O–H groups in total. The van der Waals surface area contributed by atoms with Crippen LogP contribution < -0.4 is 5.32 Å². The molecule has 0 bridgehead atoms. The number of hydrogen-bond acceptors (Lipinski definition) is 5. The van der Waals surface area contributed by atoms with Gasteiger partial charge in [-0.2, -0.15) is 5.10 Å². The van der Waals surface area contributed by atoms with E-state index < -0.39 is 12.1 Å². The van der Waals surface area contributed by atoms with Crippen molar-refractivity contribution in [2.45, 2.75) is 19.4 Å². The summed E-state index contributed by atoms with van der Waals surface area (Å²) in [7, 11) is 0. The van der Waals surface area contributed by atoms with Gasteiger partial charge in [-0.3, -0.25) is 9.78 Å². The molecule has 1 amide bonds. The number of amides is 1. The Bertz CT molecular complexity index is 1210. The van der Waals surface area contributed by atoms with Gasteiger partial charge in [-0.05, 0) is 43.2 Å². The van der Waals surface area contributed by atoms with Crippen molar-refractivity contribution in [1.82, 2.24) is 20.1 Å². The second kappa shape index (κ2) is 10.4. The predicted molar refractivity (Wildman–Crippen MR) is 125 cm³/mol. The number of para-hydroxylation sites is 1. The molecule has 7 nitrogen and oxygen atoms in total. The van der Waals surface area contributed by atoms with Crippen molar-refractivity contribution in [3.8, 4) is 16.9 Å². The summed E-state index contributed by atoms with van der Waals surface area (Å²) >= 11 is 0. The molecule has 0 spiro atoms. The lowest BCUT2D eigenvalue weighted by Crippen LogP contribution is -2.36. The third-order valence-corrected chi connectivity index (χ3v) is 5.10. The quantitative estimate of drug-likeness (QED) is 0.421. The Morgan fingerprint density at radius 1 is 1.00 bits per heavy atom. The molecule has 0 radical (unpaired) electrons. The molecule has 33 heavy (non-hydrogen) atoms. The Morgan fingerprint density at radius 3 is 2.42 bits per heavy atom. The van der Waals surface area contributed by atoms with Gasteiger partial charge in [0.25, 0.3) is 5.91 Å². The van der Waals surface area contributed by atoms with Gasteiger partial charge >= 0.3 is 5.97 Å². The minimum Gasteiger partial charge on any atom is -0.449 e. The molecule has 1 atom stereocenters. The topological polar surface area (TPSA) is 86.1 Å². The normalized spacial score (nSPS) is 11.5. The summed E-state index contributed by atoms with van der Waals surface area (Å²) < 4.78 is 7.10. The number of hydrogen-bond donors (Lipinski definition) is 1. The molecule has 2 aromatic heterocycles. The third-order valence-electron chi connectivity index (χ3n) is 5.10. The van der Waals surface area contributed by atoms with Gasteiger partial charge in [0.2, 0.25) is 0 Å². The fourth-order valence-electron chi connectivity index (χ4n) is 3.35. The van der Waals surface area contributed by atoms with Crippen LogP contribution in [0, 0.1) is 0 Å². The van der Waals surface area contributed by atoms with Crippen LogP contribution in [0.5, 0.6) is 0 Å². The largest absolute Gasteiger partial charge is 0.449 e. The summed E-state index contributed by atoms with van der Waals surface area (Å²) in [4.78, 5) is 29.6. The van der Waals surface area contributed by atoms with Crippen LogP contribution in [0.15, 0.2) is 91.4 Å². The lowest BCUT2D eigenvalue weighted by Gasteiger charge is -2.13. The first-order chi connectivity index (χ1) is 16.1. The summed E-state index contributed by atoms with van der Waals surface area (Å²) in [6.45, 7) is 2.01. The number of rotatable bonds is 8. The molecule has 0 aliphatic carbocycles. The molecule has 2 heterocycles. The second-order valence-corrected chi connectivity index (χ2v) is 7.49. The molecule has 0 saturated carbocycles. The molecular weight excluding hydrogens is 416 g/mol. The Morgan fingerprint density at radius 2 is 1.73 bits per heavy atom. The van der Waals surface area contributed by atoms with E-state index in [9.17, 15) is 9.59 Å². The van der Waals surface area contributed by atoms with E-state index in [-0.39, 0.29) is 11.5 Å². The number of carbonyl (C=O) groups is 2. The number of nitrogens with one attached hydrogen (secondary N) is 1. The number of pyridine rings is 1. The number of ether oxygens (including phenoxy) is 1. The third kappa shape index (κ3) is 5.51. The van der Waals surface area contributed by atoms with Gasteiger partial charge in [-0.15, -0.1) is 0 Å². The molecule has 4 rings (SSSR count). The van der Waals surface area contributed by atoms with Gasteiger partial charge in [0.05, 0.1) is 5.69 Å². The Kier molecular flexibility index (Phi) is 6.90. The van der Waals surface area contributed by atoms with E-state index in [1.165, 1.54) is 0 Å². The summed E-state index contributed by atoms with van der Waals surface area (Å²) in [6, 6.07) is 22.9. The average Bonchev–Trinajstić information content (AvgIpc) is 3.31. The number of carbonyl (C=O) groups excluding carboxylic acids is 2. The first-order valence-electron chi connectivity index (χ1n) is 10.7. The molecule has 2 aromatic carbocycles. The molecule has 166 valence electrons. The van der Waals surface area contributed by atoms with Crippen molar-refractivity contribution in [2.24, 2.45) is 0 Å². The van der Waals surface area contributed by atoms with Gasteiger partial charge in [0, 0.05) is 30.7 Å². The SMILES string of the molecule is CC(OC(=O)c1cn(-c2ccccc2)nc1-c1cccnc1)C(=O)NCCc1ccccc1. The van der Waals surface area contributed by atoms with E-state index in [0.717, 1.165) is 11.3 Å². The maximum atomic E-state index is 13.0. The van der Waals surface area contributed by atoms with E-state index in [4.69, 9.17) is 4.74 Å². The molecule has 0 fully saturated rings. The Labute approximate surface area is 192 Å². The zero-order chi connectivity index (χ0) is 23.0. The first-order valence-corrected chi connectivity index (χ1v) is 10.7. The number of nitrogens with zero attached hydrogens (tertiary/aromatic N) is 3. The van der Waals surface area contributed by atoms with Gasteiger partial charge in [0.15, 0.2) is 6.10 Å². The number of esters is 1. The highest BCUT2D eigenvalue weighted by Gasteiger charge is 2.24. The Hall–Kier alpha value is -4.26. The van der Waals surface area contributed by atoms with Crippen LogP contribution in [-0.2, 0) is 16.0 Å². The Balaban J connectivity index is 1.47. The minimum absolute atomic E-state index is 0.260. The molecule has 7 heteroatoms. The van der Waals surface area contributed by atoms with Crippen LogP contribution in [0.2, 0.25) is 0 Å². The lowest BCUT2D eigenvalue weighted by atomic mass is 10.1. The summed E-state index contributed by atoms with van der Waals surface area (Å²) in [5.41, 5.74) is 3.30. The molecule has 1 unspecified atom stereocenters. The highest BCUT2D eigenvalue weighted by molar-refractivity contribution is 5.97. The van der Waals surface area contributed by atoms with Crippen LogP contribution in [0.4, 0.5) is 0 Å². The van der Waals surface area contributed by atoms with Crippen molar-refractivity contribution >= 4 is 11.9 Å². The number of aromatic nitrogens is 3. The zero-order valence-electron chi connectivity index (χ0n) is 18.2. The van der Waals surface area contributed by atoms with Gasteiger partial charge in [0.1, 0.15) is 11.3 Å². The maximum absolute atomic E-state index is 13.0. The summed E-state index contributed by atoms with van der Waals surface area (Å²) in [5, 5.41) is 7.40. The van der Waals surface area contributed by atoms with Crippen molar-refractivity contribution < 1.29 is 14.3 Å². The summed E-state index contributed by atoms with van der Waals surface area (Å²) in [5.74, 6) is -0.973. The predicted octanol–water partition coefficient (Wildman–Crippen LogP) is 3.84. The molecule has 0 saturated heterocycles. The van der Waals surface area contributed by atoms with Crippen LogP contribution >= 0.6 is 0 Å².